The van der Waals surface area contributed by atoms with Gasteiger partial charge < -0.3 is 10.6 Å². The lowest BCUT2D eigenvalue weighted by atomic mass is 9.96. The van der Waals surface area contributed by atoms with Gasteiger partial charge in [-0.1, -0.05) is 0 Å². The average molecular weight is 393 g/mol. The van der Waals surface area contributed by atoms with Crippen molar-refractivity contribution in [3.63, 3.8) is 0 Å². The highest BCUT2D eigenvalue weighted by atomic mass is 32.1. The minimum absolute atomic E-state index is 0.0378. The molecular formula is C19H21F2N3O2S. The number of amides is 2. The first-order valence-corrected chi connectivity index (χ1v) is 9.73. The maximum absolute atomic E-state index is 13.1. The molecule has 1 fully saturated rings. The van der Waals surface area contributed by atoms with E-state index in [0.29, 0.717) is 12.5 Å². The molecule has 0 aliphatic carbocycles. The van der Waals surface area contributed by atoms with E-state index >= 15 is 0 Å². The Balaban J connectivity index is 1.38. The quantitative estimate of drug-likeness (QED) is 0.768. The van der Waals surface area contributed by atoms with Gasteiger partial charge in [0.15, 0.2) is 11.6 Å². The number of piperidine rings is 1. The molecule has 8 heteroatoms. The summed E-state index contributed by atoms with van der Waals surface area (Å²) in [5.74, 6) is -3.44. The lowest BCUT2D eigenvalue weighted by molar-refractivity contribution is -0.136. The molecule has 3 rings (SSSR count). The minimum atomic E-state index is -1.08. The molecule has 2 amide bonds. The molecule has 0 saturated carbocycles. The zero-order chi connectivity index (χ0) is 19.2. The average Bonchev–Trinajstić information content (AvgIpc) is 3.17. The van der Waals surface area contributed by atoms with Crippen molar-refractivity contribution in [1.29, 1.82) is 0 Å². The number of rotatable bonds is 5. The molecule has 0 unspecified atom stereocenters. The van der Waals surface area contributed by atoms with Gasteiger partial charge in [-0.25, -0.2) is 8.78 Å². The van der Waals surface area contributed by atoms with Crippen LogP contribution in [-0.2, 0) is 16.1 Å². The van der Waals surface area contributed by atoms with Crippen LogP contribution in [0.4, 0.5) is 14.5 Å². The summed E-state index contributed by atoms with van der Waals surface area (Å²) in [5, 5.41) is 9.11. The zero-order valence-corrected chi connectivity index (χ0v) is 15.5. The molecule has 1 saturated heterocycles. The molecule has 5 nitrogen and oxygen atoms in total. The Bertz CT molecular complexity index is 790. The van der Waals surface area contributed by atoms with Crippen LogP contribution in [0.2, 0.25) is 0 Å². The van der Waals surface area contributed by atoms with Crippen molar-refractivity contribution in [3.8, 4) is 0 Å². The largest absolute Gasteiger partial charge is 0.348 e. The molecule has 0 radical (unpaired) electrons. The number of nitrogens with one attached hydrogen (secondary N) is 2. The molecule has 0 bridgehead atoms. The summed E-state index contributed by atoms with van der Waals surface area (Å²) in [6, 6.07) is 5.06. The number of carbonyl (C=O) groups is 2. The van der Waals surface area contributed by atoms with E-state index in [1.165, 1.54) is 11.6 Å². The first-order valence-electron chi connectivity index (χ1n) is 8.79. The molecular weight excluding hydrogens is 372 g/mol. The van der Waals surface area contributed by atoms with E-state index in [1.807, 2.05) is 0 Å². The third-order valence-corrected chi connectivity index (χ3v) is 5.36. The predicted molar refractivity (Wildman–Crippen MR) is 100 cm³/mol. The molecule has 1 aliphatic rings. The van der Waals surface area contributed by atoms with Crippen molar-refractivity contribution in [1.82, 2.24) is 10.2 Å². The van der Waals surface area contributed by atoms with Crippen molar-refractivity contribution in [2.24, 2.45) is 5.92 Å². The Kier molecular flexibility index (Phi) is 6.52. The van der Waals surface area contributed by atoms with Crippen LogP contribution in [0.25, 0.3) is 0 Å². The van der Waals surface area contributed by atoms with Gasteiger partial charge in [-0.15, -0.1) is 0 Å². The second kappa shape index (κ2) is 9.05. The number of carbonyl (C=O) groups excluding carboxylic acids is 2. The molecule has 27 heavy (non-hydrogen) atoms. The van der Waals surface area contributed by atoms with Gasteiger partial charge in [-0.05, 0) is 66.4 Å². The van der Waals surface area contributed by atoms with Gasteiger partial charge >= 0.3 is 11.8 Å². The van der Waals surface area contributed by atoms with Gasteiger partial charge in [0.1, 0.15) is 0 Å². The van der Waals surface area contributed by atoms with Crippen LogP contribution in [0.5, 0.6) is 0 Å². The van der Waals surface area contributed by atoms with Gasteiger partial charge in [0.2, 0.25) is 0 Å². The topological polar surface area (TPSA) is 61.4 Å². The maximum Gasteiger partial charge on any atom is 0.313 e. The monoisotopic (exact) mass is 393 g/mol. The molecule has 2 heterocycles. The molecule has 2 N–H and O–H groups in total. The first-order chi connectivity index (χ1) is 13.0. The van der Waals surface area contributed by atoms with Gasteiger partial charge in [-0.2, -0.15) is 11.3 Å². The minimum Gasteiger partial charge on any atom is -0.348 e. The molecule has 0 atom stereocenters. The zero-order valence-electron chi connectivity index (χ0n) is 14.7. The third kappa shape index (κ3) is 5.58. The van der Waals surface area contributed by atoms with Crippen LogP contribution in [0.3, 0.4) is 0 Å². The number of benzene rings is 1. The molecule has 0 spiro atoms. The van der Waals surface area contributed by atoms with Gasteiger partial charge in [0, 0.05) is 24.8 Å². The van der Waals surface area contributed by atoms with E-state index < -0.39 is 23.4 Å². The Morgan fingerprint density at radius 2 is 1.89 bits per heavy atom. The number of hydrogen-bond donors (Lipinski definition) is 2. The number of hydrogen-bond acceptors (Lipinski definition) is 4. The Morgan fingerprint density at radius 1 is 1.11 bits per heavy atom. The van der Waals surface area contributed by atoms with Crippen LogP contribution in [0, 0.1) is 17.6 Å². The van der Waals surface area contributed by atoms with E-state index in [-0.39, 0.29) is 5.69 Å². The Labute approximate surface area is 160 Å². The predicted octanol–water partition coefficient (Wildman–Crippen LogP) is 2.99. The standard InChI is InChI=1S/C19H21F2N3O2S/c20-16-2-1-15(9-17(16)21)23-19(26)18(25)22-10-13-3-6-24(7-4-13)11-14-5-8-27-12-14/h1-2,5,8-9,12-13H,3-4,6-7,10-11H2,(H,22,25)(H,23,26). The fraction of sp³-hybridized carbons (Fsp3) is 0.368. The summed E-state index contributed by atoms with van der Waals surface area (Å²) in [6.07, 6.45) is 1.91. The van der Waals surface area contributed by atoms with Crippen LogP contribution in [0.1, 0.15) is 18.4 Å². The van der Waals surface area contributed by atoms with Crippen molar-refractivity contribution >= 4 is 28.8 Å². The highest BCUT2D eigenvalue weighted by molar-refractivity contribution is 7.07. The van der Waals surface area contributed by atoms with Crippen LogP contribution in [0.15, 0.2) is 35.0 Å². The second-order valence-corrected chi connectivity index (χ2v) is 7.42. The summed E-state index contributed by atoms with van der Waals surface area (Å²) in [4.78, 5) is 26.2. The van der Waals surface area contributed by atoms with Crippen molar-refractivity contribution in [3.05, 3.63) is 52.2 Å². The molecule has 144 valence electrons. The van der Waals surface area contributed by atoms with E-state index in [0.717, 1.165) is 44.6 Å². The summed E-state index contributed by atoms with van der Waals surface area (Å²) in [7, 11) is 0. The molecule has 1 aromatic heterocycles. The normalized spacial score (nSPS) is 15.5. The second-order valence-electron chi connectivity index (χ2n) is 6.64. The Morgan fingerprint density at radius 3 is 2.56 bits per heavy atom. The summed E-state index contributed by atoms with van der Waals surface area (Å²) in [6.45, 7) is 3.28. The molecule has 1 aromatic carbocycles. The summed E-state index contributed by atoms with van der Waals surface area (Å²) in [5.41, 5.74) is 1.36. The van der Waals surface area contributed by atoms with Gasteiger partial charge in [0.05, 0.1) is 0 Å². The van der Waals surface area contributed by atoms with Crippen molar-refractivity contribution in [2.45, 2.75) is 19.4 Å². The van der Waals surface area contributed by atoms with Crippen molar-refractivity contribution < 1.29 is 18.4 Å². The van der Waals surface area contributed by atoms with Crippen LogP contribution < -0.4 is 10.6 Å². The Hall–Kier alpha value is -2.32. The number of thiophene rings is 1. The molecule has 1 aliphatic heterocycles. The lowest BCUT2D eigenvalue weighted by Gasteiger charge is -2.31. The third-order valence-electron chi connectivity index (χ3n) is 4.63. The summed E-state index contributed by atoms with van der Waals surface area (Å²) >= 11 is 1.69. The van der Waals surface area contributed by atoms with Crippen molar-refractivity contribution in [2.75, 3.05) is 25.0 Å². The van der Waals surface area contributed by atoms with Crippen LogP contribution in [-0.4, -0.2) is 36.3 Å². The van der Waals surface area contributed by atoms with Gasteiger partial charge in [0.25, 0.3) is 0 Å². The van der Waals surface area contributed by atoms with Gasteiger partial charge in [-0.3, -0.25) is 14.5 Å². The highest BCUT2D eigenvalue weighted by Crippen LogP contribution is 2.19. The fourth-order valence-corrected chi connectivity index (χ4v) is 3.73. The first kappa shape index (κ1) is 19.4. The fourth-order valence-electron chi connectivity index (χ4n) is 3.07. The SMILES string of the molecule is O=C(NCC1CCN(Cc2ccsc2)CC1)C(=O)Nc1ccc(F)c(F)c1. The number of halogens is 2. The number of nitrogens with zero attached hydrogens (tertiary/aromatic N) is 1. The van der Waals surface area contributed by atoms with Crippen LogP contribution >= 0.6 is 11.3 Å². The maximum atomic E-state index is 13.1. The summed E-state index contributed by atoms with van der Waals surface area (Å²) < 4.78 is 26.0. The van der Waals surface area contributed by atoms with E-state index in [1.54, 1.807) is 11.3 Å². The molecule has 2 aromatic rings. The lowest BCUT2D eigenvalue weighted by Crippen LogP contribution is -2.41. The number of likely N-dealkylation sites (tertiary alicyclic amines) is 1. The van der Waals surface area contributed by atoms with E-state index in [4.69, 9.17) is 0 Å². The smallest absolute Gasteiger partial charge is 0.313 e. The van der Waals surface area contributed by atoms with E-state index in [2.05, 4.69) is 32.4 Å². The van der Waals surface area contributed by atoms with E-state index in [9.17, 15) is 18.4 Å². The highest BCUT2D eigenvalue weighted by Gasteiger charge is 2.21. The number of anilines is 1.